The van der Waals surface area contributed by atoms with Crippen molar-refractivity contribution in [2.24, 2.45) is 0 Å². The molecule has 0 aliphatic heterocycles. The molecule has 0 saturated heterocycles. The average Bonchev–Trinajstić information content (AvgIpc) is 3.31. The van der Waals surface area contributed by atoms with Gasteiger partial charge >= 0.3 is 11.9 Å². The van der Waals surface area contributed by atoms with Crippen LogP contribution in [0.3, 0.4) is 0 Å². The summed E-state index contributed by atoms with van der Waals surface area (Å²) in [6, 6.07) is 11.7. The number of sulfone groups is 1. The molecule has 4 aromatic rings. The van der Waals surface area contributed by atoms with Crippen LogP contribution in [0.2, 0.25) is 0 Å². The molecule has 4 N–H and O–H groups in total. The van der Waals surface area contributed by atoms with Crippen LogP contribution >= 0.6 is 0 Å². The van der Waals surface area contributed by atoms with Crippen molar-refractivity contribution in [2.75, 3.05) is 6.26 Å². The minimum absolute atomic E-state index is 0.0423. The number of fused-ring (bicyclic) bond motifs is 2. The number of nitro groups is 1. The normalized spacial score (nSPS) is 11.1. The van der Waals surface area contributed by atoms with Crippen LogP contribution < -0.4 is 0 Å². The first-order valence-corrected chi connectivity index (χ1v) is 10.4. The lowest BCUT2D eigenvalue weighted by Crippen LogP contribution is -1.95. The molecule has 31 heavy (non-hydrogen) atoms. The Morgan fingerprint density at radius 3 is 2.13 bits per heavy atom. The molecular formula is C19H15N3O8S. The molecule has 160 valence electrons. The fourth-order valence-electron chi connectivity index (χ4n) is 2.86. The first-order chi connectivity index (χ1) is 14.5. The largest absolute Gasteiger partial charge is 0.477 e. The van der Waals surface area contributed by atoms with Crippen molar-refractivity contribution in [3.05, 3.63) is 70.0 Å². The van der Waals surface area contributed by atoms with Gasteiger partial charge in [0.1, 0.15) is 16.9 Å². The van der Waals surface area contributed by atoms with E-state index in [4.69, 9.17) is 10.2 Å². The van der Waals surface area contributed by atoms with Crippen LogP contribution in [0.5, 0.6) is 0 Å². The molecule has 0 atom stereocenters. The Labute approximate surface area is 174 Å². The van der Waals surface area contributed by atoms with E-state index in [-0.39, 0.29) is 27.5 Å². The fourth-order valence-corrected chi connectivity index (χ4v) is 3.52. The van der Waals surface area contributed by atoms with Crippen molar-refractivity contribution in [1.29, 1.82) is 0 Å². The lowest BCUT2D eigenvalue weighted by molar-refractivity contribution is -0.383. The molecule has 0 saturated carbocycles. The van der Waals surface area contributed by atoms with Crippen molar-refractivity contribution >= 4 is 49.3 Å². The number of carboxylic acids is 2. The van der Waals surface area contributed by atoms with Crippen molar-refractivity contribution in [2.45, 2.75) is 4.90 Å². The van der Waals surface area contributed by atoms with Gasteiger partial charge in [-0.2, -0.15) is 0 Å². The van der Waals surface area contributed by atoms with Gasteiger partial charge in [-0.3, -0.25) is 10.1 Å². The van der Waals surface area contributed by atoms with E-state index in [1.807, 2.05) is 0 Å². The Morgan fingerprint density at radius 1 is 0.935 bits per heavy atom. The maximum atomic E-state index is 11.3. The first kappa shape index (κ1) is 21.5. The van der Waals surface area contributed by atoms with E-state index in [1.54, 1.807) is 12.1 Å². The number of carbonyl (C=O) groups is 2. The fraction of sp³-hybridized carbons (Fsp3) is 0.0526. The summed E-state index contributed by atoms with van der Waals surface area (Å²) in [7, 11) is -3.27. The molecule has 12 heteroatoms. The van der Waals surface area contributed by atoms with E-state index in [9.17, 15) is 28.1 Å². The van der Waals surface area contributed by atoms with Crippen LogP contribution in [0.25, 0.3) is 21.8 Å². The third-order valence-electron chi connectivity index (χ3n) is 4.31. The number of nitrogens with one attached hydrogen (secondary N) is 2. The molecule has 4 rings (SSSR count). The topological polar surface area (TPSA) is 183 Å². The van der Waals surface area contributed by atoms with E-state index in [0.717, 1.165) is 6.26 Å². The Morgan fingerprint density at radius 2 is 1.55 bits per heavy atom. The minimum atomic E-state index is -3.27. The number of aromatic carboxylic acids is 2. The molecule has 0 spiro atoms. The molecule has 2 aromatic heterocycles. The number of carboxylic acid groups (broad SMARTS) is 2. The van der Waals surface area contributed by atoms with Crippen LogP contribution in [0.1, 0.15) is 21.0 Å². The summed E-state index contributed by atoms with van der Waals surface area (Å²) in [6.45, 7) is 0. The van der Waals surface area contributed by atoms with Gasteiger partial charge in [0, 0.05) is 28.6 Å². The van der Waals surface area contributed by atoms with E-state index in [2.05, 4.69) is 9.97 Å². The van der Waals surface area contributed by atoms with Gasteiger partial charge < -0.3 is 20.2 Å². The number of hydrogen-bond donors (Lipinski definition) is 4. The number of H-pyrrole nitrogens is 2. The number of benzene rings is 2. The second-order valence-electron chi connectivity index (χ2n) is 6.50. The van der Waals surface area contributed by atoms with Gasteiger partial charge in [-0.25, -0.2) is 18.0 Å². The Balaban J connectivity index is 0.000000176. The highest BCUT2D eigenvalue weighted by Crippen LogP contribution is 2.25. The number of aromatic amines is 2. The monoisotopic (exact) mass is 445 g/mol. The summed E-state index contributed by atoms with van der Waals surface area (Å²) < 4.78 is 22.6. The predicted molar refractivity (Wildman–Crippen MR) is 110 cm³/mol. The van der Waals surface area contributed by atoms with Crippen LogP contribution in [0.4, 0.5) is 5.69 Å². The van der Waals surface area contributed by atoms with Crippen LogP contribution in [0.15, 0.2) is 53.4 Å². The van der Waals surface area contributed by atoms with Gasteiger partial charge in [0.25, 0.3) is 5.69 Å². The molecule has 2 aromatic carbocycles. The minimum Gasteiger partial charge on any atom is -0.477 e. The molecule has 0 aliphatic carbocycles. The van der Waals surface area contributed by atoms with Crippen LogP contribution in [-0.4, -0.2) is 51.7 Å². The number of nitro benzene ring substituents is 1. The summed E-state index contributed by atoms with van der Waals surface area (Å²) in [5.41, 5.74) is 0.699. The van der Waals surface area contributed by atoms with E-state index >= 15 is 0 Å². The van der Waals surface area contributed by atoms with Gasteiger partial charge in [-0.1, -0.05) is 12.1 Å². The lowest BCUT2D eigenvalue weighted by Gasteiger charge is -1.97. The highest BCUT2D eigenvalue weighted by atomic mass is 32.2. The van der Waals surface area contributed by atoms with Crippen LogP contribution in [-0.2, 0) is 9.84 Å². The molecule has 0 fully saturated rings. The number of rotatable bonds is 4. The van der Waals surface area contributed by atoms with E-state index in [0.29, 0.717) is 16.3 Å². The van der Waals surface area contributed by atoms with Crippen molar-refractivity contribution in [1.82, 2.24) is 9.97 Å². The average molecular weight is 445 g/mol. The summed E-state index contributed by atoms with van der Waals surface area (Å²) >= 11 is 0. The summed E-state index contributed by atoms with van der Waals surface area (Å²) in [4.78, 5) is 36.8. The van der Waals surface area contributed by atoms with Crippen molar-refractivity contribution in [3.63, 3.8) is 0 Å². The summed E-state index contributed by atoms with van der Waals surface area (Å²) in [5, 5.41) is 29.2. The predicted octanol–water partition coefficient (Wildman–Crippen LogP) is 3.04. The molecule has 0 unspecified atom stereocenters. The van der Waals surface area contributed by atoms with Crippen molar-refractivity contribution < 1.29 is 33.1 Å². The molecule has 0 aliphatic rings. The highest BCUT2D eigenvalue weighted by molar-refractivity contribution is 7.90. The number of para-hydroxylation sites is 1. The number of nitrogens with zero attached hydrogens (tertiary/aromatic N) is 1. The highest BCUT2D eigenvalue weighted by Gasteiger charge is 2.16. The summed E-state index contributed by atoms with van der Waals surface area (Å²) in [6.07, 6.45) is 1.11. The van der Waals surface area contributed by atoms with E-state index in [1.165, 1.54) is 36.4 Å². The molecule has 0 radical (unpaired) electrons. The molecule has 0 bridgehead atoms. The zero-order valence-corrected chi connectivity index (χ0v) is 16.6. The quantitative estimate of drug-likeness (QED) is 0.273. The molecular weight excluding hydrogens is 430 g/mol. The van der Waals surface area contributed by atoms with Gasteiger partial charge in [0.15, 0.2) is 9.84 Å². The van der Waals surface area contributed by atoms with E-state index < -0.39 is 26.7 Å². The van der Waals surface area contributed by atoms with Gasteiger partial charge in [-0.05, 0) is 30.3 Å². The molecule has 0 amide bonds. The lowest BCUT2D eigenvalue weighted by atomic mass is 10.2. The Bertz CT molecular complexity index is 1450. The standard InChI is InChI=1S/C10H9NO4S.C9H6N2O4/c1-16(14,15)7-2-3-8-6(4-7)5-9(11-8)10(12)13;12-9(13)6-4-5-2-1-3-7(11(14)15)8(5)10-6/h2-5,11H,1H3,(H,12,13);1-4,10H,(H,12,13). The zero-order valence-electron chi connectivity index (χ0n) is 15.8. The van der Waals surface area contributed by atoms with Gasteiger partial charge in [-0.15, -0.1) is 0 Å². The third kappa shape index (κ3) is 4.53. The molecule has 11 nitrogen and oxygen atoms in total. The number of hydrogen-bond acceptors (Lipinski definition) is 6. The Hall–Kier alpha value is -4.19. The van der Waals surface area contributed by atoms with Gasteiger partial charge in [0.05, 0.1) is 9.82 Å². The number of non-ortho nitro benzene ring substituents is 1. The second kappa shape index (κ2) is 7.91. The smallest absolute Gasteiger partial charge is 0.352 e. The maximum Gasteiger partial charge on any atom is 0.352 e. The maximum absolute atomic E-state index is 11.3. The number of aromatic nitrogens is 2. The first-order valence-electron chi connectivity index (χ1n) is 8.53. The Kier molecular flexibility index (Phi) is 5.49. The van der Waals surface area contributed by atoms with Crippen LogP contribution in [0, 0.1) is 10.1 Å². The SMILES string of the molecule is CS(=O)(=O)c1ccc2[nH]c(C(=O)O)cc2c1.O=C(O)c1cc2cccc([N+](=O)[O-])c2[nH]1. The van der Waals surface area contributed by atoms with Crippen molar-refractivity contribution in [3.8, 4) is 0 Å². The molecule has 2 heterocycles. The second-order valence-corrected chi connectivity index (χ2v) is 8.51. The third-order valence-corrected chi connectivity index (χ3v) is 5.42. The zero-order chi connectivity index (χ0) is 22.9. The van der Waals surface area contributed by atoms with Gasteiger partial charge in [0.2, 0.25) is 0 Å². The summed E-state index contributed by atoms with van der Waals surface area (Å²) in [5.74, 6) is -2.21.